The molecular formula is C24H17Br2ClN4O2. The number of benzene rings is 3. The van der Waals surface area contributed by atoms with E-state index in [0.717, 1.165) is 21.3 Å². The van der Waals surface area contributed by atoms with Crippen LogP contribution in [0.5, 0.6) is 11.5 Å². The maximum atomic E-state index is 10.3. The molecule has 0 aliphatic rings. The Balaban J connectivity index is 1.72. The Hall–Kier alpha value is -2.94. The smallest absolute Gasteiger partial charge is 0.251 e. The molecule has 0 fully saturated rings. The van der Waals surface area contributed by atoms with E-state index in [4.69, 9.17) is 16.3 Å². The third kappa shape index (κ3) is 5.71. The Morgan fingerprint density at radius 3 is 2.45 bits per heavy atom. The minimum atomic E-state index is 0.0831. The summed E-state index contributed by atoms with van der Waals surface area (Å²) in [5.74, 6) is 1.20. The molecule has 0 saturated carbocycles. The Morgan fingerprint density at radius 2 is 1.76 bits per heavy atom. The highest BCUT2D eigenvalue weighted by Crippen LogP contribution is 2.31. The highest BCUT2D eigenvalue weighted by atomic mass is 79.9. The van der Waals surface area contributed by atoms with E-state index >= 15 is 0 Å². The Labute approximate surface area is 212 Å². The van der Waals surface area contributed by atoms with E-state index in [-0.39, 0.29) is 5.75 Å². The first kappa shape index (κ1) is 23.2. The number of rotatable bonds is 6. The van der Waals surface area contributed by atoms with Gasteiger partial charge in [0.1, 0.15) is 11.5 Å². The van der Waals surface area contributed by atoms with Gasteiger partial charge in [0.05, 0.1) is 29.7 Å². The molecule has 1 N–H and O–H groups in total. The molecule has 4 aromatic rings. The van der Waals surface area contributed by atoms with Crippen LogP contribution in [0.4, 0.5) is 5.95 Å². The van der Waals surface area contributed by atoms with Crippen molar-refractivity contribution in [1.29, 1.82) is 0 Å². The highest BCUT2D eigenvalue weighted by molar-refractivity contribution is 9.11. The number of ether oxygens (including phenoxy) is 1. The normalized spacial score (nSPS) is 11.5. The summed E-state index contributed by atoms with van der Waals surface area (Å²) >= 11 is 12.8. The molecule has 0 bridgehead atoms. The second kappa shape index (κ2) is 10.3. The summed E-state index contributed by atoms with van der Waals surface area (Å²) in [6.07, 6.45) is 5.03. The summed E-state index contributed by atoms with van der Waals surface area (Å²) in [5, 5.41) is 15.5. The van der Waals surface area contributed by atoms with Crippen molar-refractivity contribution in [2.75, 3.05) is 7.11 Å². The third-order valence-corrected chi connectivity index (χ3v) is 5.95. The van der Waals surface area contributed by atoms with Crippen molar-refractivity contribution in [3.8, 4) is 22.8 Å². The van der Waals surface area contributed by atoms with Gasteiger partial charge in [0.15, 0.2) is 0 Å². The van der Waals surface area contributed by atoms with Crippen LogP contribution >= 0.6 is 43.5 Å². The number of hydrogen-bond acceptors (Lipinski definition) is 5. The average molecular weight is 589 g/mol. The molecule has 0 radical (unpaired) electrons. The van der Waals surface area contributed by atoms with Crippen molar-refractivity contribution in [3.05, 3.63) is 92.0 Å². The number of halogens is 3. The van der Waals surface area contributed by atoms with Gasteiger partial charge in [0, 0.05) is 26.8 Å². The summed E-state index contributed by atoms with van der Waals surface area (Å²) in [7, 11) is 1.62. The topological polar surface area (TPSA) is 72.0 Å². The largest absolute Gasteiger partial charge is 0.506 e. The number of aliphatic imine (C=N–C) groups is 1. The fourth-order valence-electron chi connectivity index (χ4n) is 2.92. The number of methoxy groups -OCH3 is 1. The summed E-state index contributed by atoms with van der Waals surface area (Å²) in [4.78, 5) is 9.11. The van der Waals surface area contributed by atoms with E-state index < -0.39 is 0 Å². The average Bonchev–Trinajstić information content (AvgIpc) is 3.23. The molecule has 1 heterocycles. The van der Waals surface area contributed by atoms with Crippen LogP contribution in [-0.2, 0) is 0 Å². The maximum Gasteiger partial charge on any atom is 0.251 e. The molecule has 0 amide bonds. The number of aromatic nitrogens is 2. The monoisotopic (exact) mass is 586 g/mol. The molecule has 3 aromatic carbocycles. The zero-order valence-electron chi connectivity index (χ0n) is 17.3. The summed E-state index contributed by atoms with van der Waals surface area (Å²) in [5.41, 5.74) is 2.98. The molecule has 9 heteroatoms. The second-order valence-corrected chi connectivity index (χ2v) is 9.09. The number of phenolic OH excluding ortho intramolecular Hbond substituents is 1. The van der Waals surface area contributed by atoms with Crippen LogP contribution in [0.25, 0.3) is 11.3 Å². The molecule has 0 spiro atoms. The first-order valence-electron chi connectivity index (χ1n) is 9.69. The van der Waals surface area contributed by atoms with Crippen LogP contribution in [0.1, 0.15) is 11.1 Å². The molecule has 0 aliphatic heterocycles. The van der Waals surface area contributed by atoms with Gasteiger partial charge < -0.3 is 9.84 Å². The molecule has 0 saturated heterocycles. The quantitative estimate of drug-likeness (QED) is 0.245. The summed E-state index contributed by atoms with van der Waals surface area (Å²) in [6, 6.07) is 18.4. The van der Waals surface area contributed by atoms with Crippen LogP contribution in [0, 0.1) is 0 Å². The van der Waals surface area contributed by atoms with Crippen LogP contribution < -0.4 is 4.74 Å². The number of imidazole rings is 1. The first-order valence-corrected chi connectivity index (χ1v) is 11.6. The van der Waals surface area contributed by atoms with Crippen molar-refractivity contribution < 1.29 is 9.84 Å². The number of phenols is 1. The van der Waals surface area contributed by atoms with E-state index in [2.05, 4.69) is 46.9 Å². The molecule has 6 nitrogen and oxygen atoms in total. The predicted octanol–water partition coefficient (Wildman–Crippen LogP) is 7.08. The van der Waals surface area contributed by atoms with Gasteiger partial charge in [-0.25, -0.2) is 14.7 Å². The van der Waals surface area contributed by atoms with E-state index in [0.29, 0.717) is 26.7 Å². The van der Waals surface area contributed by atoms with Crippen molar-refractivity contribution in [2.45, 2.75) is 0 Å². The van der Waals surface area contributed by atoms with Crippen molar-refractivity contribution in [2.24, 2.45) is 10.1 Å². The van der Waals surface area contributed by atoms with Crippen LogP contribution in [-0.4, -0.2) is 34.3 Å². The second-order valence-electron chi connectivity index (χ2n) is 6.88. The van der Waals surface area contributed by atoms with E-state index in [1.54, 1.807) is 48.5 Å². The molecule has 0 unspecified atom stereocenters. The van der Waals surface area contributed by atoms with Crippen molar-refractivity contribution >= 4 is 61.8 Å². The molecule has 33 heavy (non-hydrogen) atoms. The minimum absolute atomic E-state index is 0.0831. The van der Waals surface area contributed by atoms with Gasteiger partial charge in [-0.05, 0) is 70.0 Å². The highest BCUT2D eigenvalue weighted by Gasteiger charge is 2.10. The minimum Gasteiger partial charge on any atom is -0.506 e. The van der Waals surface area contributed by atoms with Crippen LogP contribution in [0.2, 0.25) is 5.02 Å². The van der Waals surface area contributed by atoms with Crippen LogP contribution in [0.3, 0.4) is 0 Å². The van der Waals surface area contributed by atoms with E-state index in [1.165, 1.54) is 6.21 Å². The Bertz CT molecular complexity index is 1330. The van der Waals surface area contributed by atoms with Crippen molar-refractivity contribution in [1.82, 2.24) is 9.66 Å². The van der Waals surface area contributed by atoms with Gasteiger partial charge in [0.25, 0.3) is 5.95 Å². The van der Waals surface area contributed by atoms with Crippen molar-refractivity contribution in [3.63, 3.8) is 0 Å². The number of aromatic hydroxyl groups is 1. The van der Waals surface area contributed by atoms with Crippen LogP contribution in [0.15, 0.2) is 85.9 Å². The fourth-order valence-corrected chi connectivity index (χ4v) is 4.31. The zero-order valence-corrected chi connectivity index (χ0v) is 21.2. The van der Waals surface area contributed by atoms with Gasteiger partial charge in [-0.15, -0.1) is 0 Å². The maximum absolute atomic E-state index is 10.3. The lowest BCUT2D eigenvalue weighted by atomic mass is 10.2. The lowest BCUT2D eigenvalue weighted by molar-refractivity contribution is 0.415. The Kier molecular flexibility index (Phi) is 7.27. The van der Waals surface area contributed by atoms with Gasteiger partial charge >= 0.3 is 0 Å². The van der Waals surface area contributed by atoms with Gasteiger partial charge in [-0.3, -0.25) is 0 Å². The molecule has 4 rings (SSSR count). The summed E-state index contributed by atoms with van der Waals surface area (Å²) < 4.78 is 8.13. The third-order valence-electron chi connectivity index (χ3n) is 4.63. The molecule has 1 aromatic heterocycles. The summed E-state index contributed by atoms with van der Waals surface area (Å²) in [6.45, 7) is 0. The van der Waals surface area contributed by atoms with E-state index in [9.17, 15) is 5.11 Å². The molecular weight excluding hydrogens is 572 g/mol. The fraction of sp³-hybridized carbons (Fsp3) is 0.0417. The lowest BCUT2D eigenvalue weighted by Gasteiger charge is -2.03. The molecule has 0 aliphatic carbocycles. The first-order chi connectivity index (χ1) is 15.9. The van der Waals surface area contributed by atoms with Gasteiger partial charge in [-0.1, -0.05) is 39.7 Å². The number of nitrogens with zero attached hydrogens (tertiary/aromatic N) is 4. The zero-order chi connectivity index (χ0) is 23.4. The SMILES string of the molecule is COc1ccc(/C=N/n2cc(-c3ccc(Cl)cc3)nc2N=Cc2cc(Br)cc(Br)c2O)cc1. The van der Waals surface area contributed by atoms with Gasteiger partial charge in [0.2, 0.25) is 0 Å². The Morgan fingerprint density at radius 1 is 1.03 bits per heavy atom. The van der Waals surface area contributed by atoms with E-state index in [1.807, 2.05) is 36.4 Å². The number of hydrogen-bond donors (Lipinski definition) is 1. The predicted molar refractivity (Wildman–Crippen MR) is 139 cm³/mol. The molecule has 0 atom stereocenters. The molecule has 166 valence electrons. The standard InChI is InChI=1S/C24H17Br2ClN4O2/c1-33-20-8-2-15(3-9-20)12-29-31-14-22(16-4-6-19(27)7-5-16)30-24(31)28-13-17-10-18(25)11-21(26)23(17)32/h2-14,32H,1H3/b28-13?,29-12+. The lowest BCUT2D eigenvalue weighted by Crippen LogP contribution is -1.91. The van der Waals surface area contributed by atoms with Gasteiger partial charge in [-0.2, -0.15) is 5.10 Å².